The number of carbonyl (C=O) groups is 1. The smallest absolute Gasteiger partial charge is 0.335 e. The van der Waals surface area contributed by atoms with Gasteiger partial charge in [0, 0.05) is 0 Å². The predicted octanol–water partition coefficient (Wildman–Crippen LogP) is 4.88. The van der Waals surface area contributed by atoms with E-state index in [1.54, 1.807) is 18.2 Å². The monoisotopic (exact) mass is 422 g/mol. The number of halogens is 3. The molecule has 2 rings (SSSR count). The molecule has 0 radical (unpaired) electrons. The molecule has 0 saturated heterocycles. The normalized spacial score (nSPS) is 10.3. The predicted molar refractivity (Wildman–Crippen MR) is 86.9 cm³/mol. The summed E-state index contributed by atoms with van der Waals surface area (Å²) in [4.78, 5) is 10.9. The Morgan fingerprint density at radius 2 is 1.90 bits per heavy atom. The number of rotatable bonds is 4. The lowest BCUT2D eigenvalue weighted by atomic mass is 10.2. The first kappa shape index (κ1) is 15.4. The first-order chi connectivity index (χ1) is 9.47. The van der Waals surface area contributed by atoms with Crippen molar-refractivity contribution in [3.63, 3.8) is 0 Å². The molecular formula is C14H9Cl2IO3. The Morgan fingerprint density at radius 3 is 2.55 bits per heavy atom. The van der Waals surface area contributed by atoms with Crippen LogP contribution >= 0.6 is 45.8 Å². The number of carboxylic acids is 1. The van der Waals surface area contributed by atoms with Crippen molar-refractivity contribution in [2.45, 2.75) is 6.61 Å². The topological polar surface area (TPSA) is 46.5 Å². The third kappa shape index (κ3) is 3.77. The fourth-order valence-corrected chi connectivity index (χ4v) is 2.35. The van der Waals surface area contributed by atoms with Crippen LogP contribution in [0.1, 0.15) is 15.9 Å². The molecule has 2 aromatic carbocycles. The zero-order chi connectivity index (χ0) is 14.7. The lowest BCUT2D eigenvalue weighted by Gasteiger charge is -2.09. The molecule has 3 nitrogen and oxygen atoms in total. The molecule has 0 aliphatic carbocycles. The van der Waals surface area contributed by atoms with Crippen LogP contribution in [0.25, 0.3) is 0 Å². The largest absolute Gasteiger partial charge is 0.488 e. The molecule has 0 atom stereocenters. The van der Waals surface area contributed by atoms with E-state index in [1.807, 2.05) is 6.07 Å². The molecule has 0 fully saturated rings. The number of aromatic carboxylic acids is 1. The van der Waals surface area contributed by atoms with E-state index >= 15 is 0 Å². The third-order valence-electron chi connectivity index (χ3n) is 2.56. The summed E-state index contributed by atoms with van der Waals surface area (Å²) in [6.45, 7) is 0.288. The van der Waals surface area contributed by atoms with Crippen LogP contribution in [-0.4, -0.2) is 11.1 Å². The maximum atomic E-state index is 10.9. The Labute approximate surface area is 139 Å². The van der Waals surface area contributed by atoms with Crippen LogP contribution < -0.4 is 4.74 Å². The van der Waals surface area contributed by atoms with Gasteiger partial charge in [0.25, 0.3) is 0 Å². The van der Waals surface area contributed by atoms with Crippen molar-refractivity contribution in [3.05, 3.63) is 61.1 Å². The van der Waals surface area contributed by atoms with Crippen molar-refractivity contribution in [1.82, 2.24) is 0 Å². The van der Waals surface area contributed by atoms with Gasteiger partial charge in [-0.15, -0.1) is 0 Å². The van der Waals surface area contributed by atoms with Gasteiger partial charge in [0.05, 0.1) is 19.2 Å². The maximum Gasteiger partial charge on any atom is 0.335 e. The molecule has 6 heteroatoms. The van der Waals surface area contributed by atoms with Gasteiger partial charge in [-0.1, -0.05) is 29.3 Å². The lowest BCUT2D eigenvalue weighted by Crippen LogP contribution is -2.01. The Morgan fingerprint density at radius 1 is 1.15 bits per heavy atom. The average Bonchev–Trinajstić information content (AvgIpc) is 2.41. The molecule has 0 amide bonds. The van der Waals surface area contributed by atoms with Crippen LogP contribution in [0.3, 0.4) is 0 Å². The Kier molecular flexibility index (Phi) is 5.12. The minimum atomic E-state index is -0.985. The standard InChI is InChI=1S/C14H9Cl2IO3/c15-10-3-1-8(5-11(10)16)7-20-13-6-9(14(18)19)2-4-12(13)17/h1-6H,7H2,(H,18,19). The first-order valence-electron chi connectivity index (χ1n) is 5.57. The van der Waals surface area contributed by atoms with E-state index in [0.717, 1.165) is 9.13 Å². The number of carboxylic acid groups (broad SMARTS) is 1. The average molecular weight is 423 g/mol. The van der Waals surface area contributed by atoms with Gasteiger partial charge in [0.1, 0.15) is 12.4 Å². The second-order valence-corrected chi connectivity index (χ2v) is 5.96. The molecule has 0 heterocycles. The summed E-state index contributed by atoms with van der Waals surface area (Å²) in [6, 6.07) is 9.97. The molecule has 1 N–H and O–H groups in total. The van der Waals surface area contributed by atoms with Gasteiger partial charge < -0.3 is 9.84 Å². The highest BCUT2D eigenvalue weighted by Crippen LogP contribution is 2.26. The molecule has 0 saturated carbocycles. The van der Waals surface area contributed by atoms with Gasteiger partial charge in [-0.25, -0.2) is 4.79 Å². The summed E-state index contributed by atoms with van der Waals surface area (Å²) in [7, 11) is 0. The minimum Gasteiger partial charge on any atom is -0.488 e. The van der Waals surface area contributed by atoms with E-state index in [2.05, 4.69) is 22.6 Å². The fourth-order valence-electron chi connectivity index (χ4n) is 1.54. The number of hydrogen-bond donors (Lipinski definition) is 1. The summed E-state index contributed by atoms with van der Waals surface area (Å²) < 4.78 is 6.48. The summed E-state index contributed by atoms with van der Waals surface area (Å²) in [5.41, 5.74) is 1.05. The second-order valence-electron chi connectivity index (χ2n) is 3.99. The van der Waals surface area contributed by atoms with E-state index in [1.165, 1.54) is 12.1 Å². The minimum absolute atomic E-state index is 0.189. The number of hydrogen-bond acceptors (Lipinski definition) is 2. The quantitative estimate of drug-likeness (QED) is 0.714. The van der Waals surface area contributed by atoms with Crippen LogP contribution in [0.4, 0.5) is 0 Å². The van der Waals surface area contributed by atoms with E-state index in [0.29, 0.717) is 15.8 Å². The second kappa shape index (κ2) is 6.65. The van der Waals surface area contributed by atoms with Crippen LogP contribution in [0.2, 0.25) is 10.0 Å². The molecule has 2 aromatic rings. The molecule has 0 aliphatic rings. The lowest BCUT2D eigenvalue weighted by molar-refractivity contribution is 0.0696. The highest BCUT2D eigenvalue weighted by molar-refractivity contribution is 14.1. The number of ether oxygens (including phenoxy) is 1. The molecule has 0 aromatic heterocycles. The molecular weight excluding hydrogens is 414 g/mol. The maximum absolute atomic E-state index is 10.9. The molecule has 0 spiro atoms. The van der Waals surface area contributed by atoms with Crippen LogP contribution in [0, 0.1) is 3.57 Å². The molecule has 20 heavy (non-hydrogen) atoms. The SMILES string of the molecule is O=C(O)c1ccc(I)c(OCc2ccc(Cl)c(Cl)c2)c1. The summed E-state index contributed by atoms with van der Waals surface area (Å²) in [5.74, 6) is -0.461. The van der Waals surface area contributed by atoms with Crippen LogP contribution in [0.15, 0.2) is 36.4 Å². The van der Waals surface area contributed by atoms with Gasteiger partial charge in [0.2, 0.25) is 0 Å². The van der Waals surface area contributed by atoms with E-state index < -0.39 is 5.97 Å². The van der Waals surface area contributed by atoms with Gasteiger partial charge >= 0.3 is 5.97 Å². The van der Waals surface area contributed by atoms with Crippen molar-refractivity contribution in [3.8, 4) is 5.75 Å². The molecule has 0 bridgehead atoms. The summed E-state index contributed by atoms with van der Waals surface area (Å²) in [6.07, 6.45) is 0. The Balaban J connectivity index is 2.15. The van der Waals surface area contributed by atoms with Gasteiger partial charge in [-0.2, -0.15) is 0 Å². The molecule has 0 unspecified atom stereocenters. The molecule has 0 aliphatic heterocycles. The number of benzene rings is 2. The highest BCUT2D eigenvalue weighted by Gasteiger charge is 2.08. The van der Waals surface area contributed by atoms with Crippen molar-refractivity contribution in [2.75, 3.05) is 0 Å². The summed E-state index contributed by atoms with van der Waals surface area (Å²) >= 11 is 13.9. The van der Waals surface area contributed by atoms with E-state index in [4.69, 9.17) is 33.0 Å². The van der Waals surface area contributed by atoms with E-state index in [-0.39, 0.29) is 12.2 Å². The summed E-state index contributed by atoms with van der Waals surface area (Å²) in [5, 5.41) is 9.91. The van der Waals surface area contributed by atoms with Gasteiger partial charge in [0.15, 0.2) is 0 Å². The van der Waals surface area contributed by atoms with Crippen molar-refractivity contribution < 1.29 is 14.6 Å². The Hall–Kier alpha value is -0.980. The van der Waals surface area contributed by atoms with Crippen molar-refractivity contribution in [2.24, 2.45) is 0 Å². The van der Waals surface area contributed by atoms with E-state index in [9.17, 15) is 4.79 Å². The highest BCUT2D eigenvalue weighted by atomic mass is 127. The third-order valence-corrected chi connectivity index (χ3v) is 4.19. The van der Waals surface area contributed by atoms with Crippen molar-refractivity contribution >= 4 is 51.8 Å². The van der Waals surface area contributed by atoms with Crippen LogP contribution in [-0.2, 0) is 6.61 Å². The van der Waals surface area contributed by atoms with Gasteiger partial charge in [-0.05, 0) is 58.5 Å². The zero-order valence-corrected chi connectivity index (χ0v) is 13.7. The zero-order valence-electron chi connectivity index (χ0n) is 10.1. The first-order valence-corrected chi connectivity index (χ1v) is 7.40. The Bertz CT molecular complexity index is 659. The fraction of sp³-hybridized carbons (Fsp3) is 0.0714. The van der Waals surface area contributed by atoms with Gasteiger partial charge in [-0.3, -0.25) is 0 Å². The molecule has 104 valence electrons. The van der Waals surface area contributed by atoms with Crippen LogP contribution in [0.5, 0.6) is 5.75 Å². The van der Waals surface area contributed by atoms with Crippen molar-refractivity contribution in [1.29, 1.82) is 0 Å².